The molecule has 0 atom stereocenters. The number of likely N-dealkylation sites (tertiary alicyclic amines) is 1. The lowest BCUT2D eigenvalue weighted by Gasteiger charge is -2.23. The van der Waals surface area contributed by atoms with Crippen molar-refractivity contribution in [3.63, 3.8) is 0 Å². The lowest BCUT2D eigenvalue weighted by atomic mass is 10.1. The number of hydrogen-bond donors (Lipinski definition) is 0. The predicted octanol–water partition coefficient (Wildman–Crippen LogP) is 2.15. The molecule has 3 rings (SSSR count). The fraction of sp³-hybridized carbons (Fsp3) is 0.267. The third-order valence-electron chi connectivity index (χ3n) is 3.47. The molecule has 1 aromatic carbocycles. The van der Waals surface area contributed by atoms with E-state index in [4.69, 9.17) is 4.42 Å². The number of benzene rings is 1. The second-order valence-electron chi connectivity index (χ2n) is 4.80. The summed E-state index contributed by atoms with van der Waals surface area (Å²) < 4.78 is 5.30. The van der Waals surface area contributed by atoms with E-state index >= 15 is 0 Å². The minimum Gasteiger partial charge on any atom is -0.464 e. The van der Waals surface area contributed by atoms with E-state index in [1.165, 1.54) is 6.26 Å². The lowest BCUT2D eigenvalue weighted by molar-refractivity contribution is -0.147. The Bertz CT molecular complexity index is 685. The number of furan rings is 1. The molecule has 5 heteroatoms. The Hall–Kier alpha value is -2.43. The minimum atomic E-state index is -0.279. The van der Waals surface area contributed by atoms with Crippen LogP contribution in [0.3, 0.4) is 0 Å². The zero-order chi connectivity index (χ0) is 14.1. The Labute approximate surface area is 115 Å². The number of fused-ring (bicyclic) bond motifs is 1. The molecule has 0 spiro atoms. The summed E-state index contributed by atoms with van der Waals surface area (Å²) in [5, 5.41) is 0.703. The molecule has 1 aromatic heterocycles. The molecular formula is C15H13NO4. The Kier molecular flexibility index (Phi) is 3.10. The molecular weight excluding hydrogens is 258 g/mol. The molecule has 1 aliphatic rings. The quantitative estimate of drug-likeness (QED) is 0.633. The first kappa shape index (κ1) is 12.6. The molecule has 20 heavy (non-hydrogen) atoms. The fourth-order valence-electron chi connectivity index (χ4n) is 2.40. The number of imide groups is 1. The Morgan fingerprint density at radius 2 is 1.85 bits per heavy atom. The summed E-state index contributed by atoms with van der Waals surface area (Å²) in [6.07, 6.45) is 2.60. The van der Waals surface area contributed by atoms with Crippen LogP contribution in [0.5, 0.6) is 0 Å². The predicted molar refractivity (Wildman–Crippen MR) is 71.1 cm³/mol. The van der Waals surface area contributed by atoms with Gasteiger partial charge in [0.25, 0.3) is 0 Å². The normalized spacial score (nSPS) is 15.9. The zero-order valence-corrected chi connectivity index (χ0v) is 10.8. The van der Waals surface area contributed by atoms with Gasteiger partial charge in [-0.1, -0.05) is 18.2 Å². The number of carbonyl (C=O) groups excluding carboxylic acids is 3. The number of hydrogen-bond acceptors (Lipinski definition) is 4. The zero-order valence-electron chi connectivity index (χ0n) is 10.8. The van der Waals surface area contributed by atoms with Crippen molar-refractivity contribution < 1.29 is 18.8 Å². The first-order valence-corrected chi connectivity index (χ1v) is 6.49. The van der Waals surface area contributed by atoms with Crippen molar-refractivity contribution in [1.82, 2.24) is 4.90 Å². The Morgan fingerprint density at radius 3 is 2.60 bits per heavy atom. The van der Waals surface area contributed by atoms with Crippen molar-refractivity contribution in [3.8, 4) is 0 Å². The maximum absolute atomic E-state index is 12.3. The van der Waals surface area contributed by atoms with Crippen LogP contribution in [0, 0.1) is 0 Å². The van der Waals surface area contributed by atoms with Crippen molar-refractivity contribution >= 4 is 28.6 Å². The van der Waals surface area contributed by atoms with Crippen molar-refractivity contribution in [1.29, 1.82) is 0 Å². The molecule has 0 bridgehead atoms. The molecule has 0 radical (unpaired) electrons. The monoisotopic (exact) mass is 271 g/mol. The highest BCUT2D eigenvalue weighted by Gasteiger charge is 2.28. The van der Waals surface area contributed by atoms with Gasteiger partial charge in [-0.25, -0.2) is 0 Å². The van der Waals surface area contributed by atoms with Gasteiger partial charge in [-0.3, -0.25) is 19.3 Å². The molecule has 2 aromatic rings. The van der Waals surface area contributed by atoms with Crippen molar-refractivity contribution in [3.05, 3.63) is 36.1 Å². The molecule has 1 fully saturated rings. The molecule has 2 amide bonds. The second-order valence-corrected chi connectivity index (χ2v) is 4.80. The van der Waals surface area contributed by atoms with Crippen molar-refractivity contribution in [2.45, 2.75) is 19.3 Å². The van der Waals surface area contributed by atoms with Gasteiger partial charge < -0.3 is 4.42 Å². The standard InChI is InChI=1S/C15H13NO4/c17-12(8-16-14(18)6-3-7-15(16)19)11-9-20-13-5-2-1-4-10(11)13/h1-2,4-5,9H,3,6-8H2. The van der Waals surface area contributed by atoms with Gasteiger partial charge in [0.2, 0.25) is 11.8 Å². The van der Waals surface area contributed by atoms with E-state index < -0.39 is 0 Å². The van der Waals surface area contributed by atoms with E-state index in [-0.39, 0.29) is 24.1 Å². The lowest BCUT2D eigenvalue weighted by Crippen LogP contribution is -2.43. The molecule has 0 N–H and O–H groups in total. The summed E-state index contributed by atoms with van der Waals surface area (Å²) in [6.45, 7) is -0.207. The third kappa shape index (κ3) is 2.11. The van der Waals surface area contributed by atoms with Gasteiger partial charge in [0, 0.05) is 18.2 Å². The Balaban J connectivity index is 1.86. The van der Waals surface area contributed by atoms with Crippen LogP contribution in [0.4, 0.5) is 0 Å². The van der Waals surface area contributed by atoms with E-state index in [0.29, 0.717) is 35.8 Å². The van der Waals surface area contributed by atoms with Crippen LogP contribution < -0.4 is 0 Å². The van der Waals surface area contributed by atoms with Gasteiger partial charge in [-0.2, -0.15) is 0 Å². The maximum atomic E-state index is 12.3. The van der Waals surface area contributed by atoms with Crippen molar-refractivity contribution in [2.75, 3.05) is 6.54 Å². The molecule has 0 saturated carbocycles. The topological polar surface area (TPSA) is 67.6 Å². The number of amides is 2. The van der Waals surface area contributed by atoms with Gasteiger partial charge in [-0.15, -0.1) is 0 Å². The van der Waals surface area contributed by atoms with Gasteiger partial charge in [0.1, 0.15) is 11.8 Å². The molecule has 0 unspecified atom stereocenters. The summed E-state index contributed by atoms with van der Waals surface area (Å²) in [5.41, 5.74) is 1.03. The first-order valence-electron chi connectivity index (χ1n) is 6.49. The smallest absolute Gasteiger partial charge is 0.229 e. The number of carbonyl (C=O) groups is 3. The van der Waals surface area contributed by atoms with Gasteiger partial charge in [-0.05, 0) is 12.5 Å². The van der Waals surface area contributed by atoms with Gasteiger partial charge in [0.05, 0.1) is 12.1 Å². The number of piperidine rings is 1. The van der Waals surface area contributed by atoms with E-state index in [0.717, 1.165) is 4.90 Å². The average molecular weight is 271 g/mol. The average Bonchev–Trinajstić information content (AvgIpc) is 2.87. The molecule has 102 valence electrons. The van der Waals surface area contributed by atoms with E-state index in [1.54, 1.807) is 12.1 Å². The van der Waals surface area contributed by atoms with Crippen LogP contribution in [-0.2, 0) is 9.59 Å². The number of Topliss-reactive ketones (excluding diaryl/α,β-unsaturated/α-hetero) is 1. The van der Waals surface area contributed by atoms with Gasteiger partial charge in [0.15, 0.2) is 5.78 Å². The number of rotatable bonds is 3. The van der Waals surface area contributed by atoms with Crippen LogP contribution in [0.15, 0.2) is 34.9 Å². The largest absolute Gasteiger partial charge is 0.464 e. The van der Waals surface area contributed by atoms with Crippen LogP contribution >= 0.6 is 0 Å². The maximum Gasteiger partial charge on any atom is 0.229 e. The number of ketones is 1. The third-order valence-corrected chi connectivity index (χ3v) is 3.47. The van der Waals surface area contributed by atoms with E-state index in [1.807, 2.05) is 12.1 Å². The summed E-state index contributed by atoms with van der Waals surface area (Å²) >= 11 is 0. The molecule has 1 saturated heterocycles. The minimum absolute atomic E-state index is 0.207. The highest BCUT2D eigenvalue weighted by atomic mass is 16.3. The van der Waals surface area contributed by atoms with Gasteiger partial charge >= 0.3 is 0 Å². The molecule has 1 aliphatic heterocycles. The van der Waals surface area contributed by atoms with Crippen LogP contribution in [0.2, 0.25) is 0 Å². The van der Waals surface area contributed by atoms with E-state index in [9.17, 15) is 14.4 Å². The summed E-state index contributed by atoms with van der Waals surface area (Å²) in [4.78, 5) is 36.7. The number of nitrogens with zero attached hydrogens (tertiary/aromatic N) is 1. The highest BCUT2D eigenvalue weighted by Crippen LogP contribution is 2.22. The number of para-hydroxylation sites is 1. The van der Waals surface area contributed by atoms with Crippen LogP contribution in [0.1, 0.15) is 29.6 Å². The van der Waals surface area contributed by atoms with E-state index in [2.05, 4.69) is 0 Å². The van der Waals surface area contributed by atoms with Crippen LogP contribution in [-0.4, -0.2) is 29.0 Å². The SMILES string of the molecule is O=C(CN1C(=O)CCCC1=O)c1coc2ccccc12. The Morgan fingerprint density at radius 1 is 1.15 bits per heavy atom. The van der Waals surface area contributed by atoms with Crippen molar-refractivity contribution in [2.24, 2.45) is 0 Å². The van der Waals surface area contributed by atoms with Crippen LogP contribution in [0.25, 0.3) is 11.0 Å². The molecule has 5 nitrogen and oxygen atoms in total. The first-order chi connectivity index (χ1) is 9.66. The highest BCUT2D eigenvalue weighted by molar-refractivity contribution is 6.11. The summed E-state index contributed by atoms with van der Waals surface area (Å²) in [5.74, 6) is -0.830. The molecule has 0 aliphatic carbocycles. The summed E-state index contributed by atoms with van der Waals surface area (Å²) in [7, 11) is 0. The second kappa shape index (κ2) is 4.92. The summed E-state index contributed by atoms with van der Waals surface area (Å²) in [6, 6.07) is 7.18. The fourth-order valence-corrected chi connectivity index (χ4v) is 2.40. The molecule has 2 heterocycles.